The average molecular weight is 331 g/mol. The molecule has 0 radical (unpaired) electrons. The number of aryl methyl sites for hydroxylation is 1. The van der Waals surface area contributed by atoms with E-state index in [9.17, 15) is 14.3 Å². The minimum absolute atomic E-state index is 0.0630. The van der Waals surface area contributed by atoms with Gasteiger partial charge in [-0.05, 0) is 44.0 Å². The first-order valence-electron chi connectivity index (χ1n) is 8.15. The number of halogens is 1. The van der Waals surface area contributed by atoms with Gasteiger partial charge >= 0.3 is 0 Å². The number of aromatic nitrogens is 2. The van der Waals surface area contributed by atoms with Crippen molar-refractivity contribution in [1.29, 1.82) is 0 Å². The number of carbonyl (C=O) groups excluding carboxylic acids is 1. The van der Waals surface area contributed by atoms with E-state index < -0.39 is 0 Å². The average Bonchev–Trinajstić information content (AvgIpc) is 2.96. The fraction of sp³-hybridized carbons (Fsp3) is 0.444. The van der Waals surface area contributed by atoms with Crippen molar-refractivity contribution in [1.82, 2.24) is 14.7 Å². The number of aliphatic hydroxyl groups is 1. The second-order valence-electron chi connectivity index (χ2n) is 6.86. The highest BCUT2D eigenvalue weighted by molar-refractivity contribution is 5.92. The summed E-state index contributed by atoms with van der Waals surface area (Å²) in [6.45, 7) is 5.08. The third-order valence-corrected chi connectivity index (χ3v) is 4.61. The van der Waals surface area contributed by atoms with E-state index >= 15 is 0 Å². The maximum Gasteiger partial charge on any atom is 0.274 e. The fourth-order valence-corrected chi connectivity index (χ4v) is 3.23. The molecule has 1 unspecified atom stereocenters. The Kier molecular flexibility index (Phi) is 4.41. The van der Waals surface area contributed by atoms with Crippen molar-refractivity contribution < 1.29 is 14.3 Å². The Balaban J connectivity index is 1.85. The lowest BCUT2D eigenvalue weighted by Crippen LogP contribution is -2.46. The second-order valence-corrected chi connectivity index (χ2v) is 6.86. The topological polar surface area (TPSA) is 58.4 Å². The Morgan fingerprint density at radius 1 is 1.42 bits per heavy atom. The van der Waals surface area contributed by atoms with Gasteiger partial charge in [-0.1, -0.05) is 13.0 Å². The number of likely N-dealkylation sites (tertiary alicyclic amines) is 1. The highest BCUT2D eigenvalue weighted by atomic mass is 19.1. The molecule has 1 aliphatic rings. The first-order chi connectivity index (χ1) is 11.4. The van der Waals surface area contributed by atoms with E-state index in [0.717, 1.165) is 18.5 Å². The molecule has 3 rings (SSSR count). The molecule has 1 saturated heterocycles. The summed E-state index contributed by atoms with van der Waals surface area (Å²) in [7, 11) is 0. The summed E-state index contributed by atoms with van der Waals surface area (Å²) < 4.78 is 15.0. The zero-order valence-electron chi connectivity index (χ0n) is 14.0. The molecule has 1 aromatic carbocycles. The summed E-state index contributed by atoms with van der Waals surface area (Å²) >= 11 is 0. The third kappa shape index (κ3) is 3.19. The van der Waals surface area contributed by atoms with Crippen LogP contribution in [-0.2, 0) is 0 Å². The van der Waals surface area contributed by atoms with E-state index in [1.54, 1.807) is 27.8 Å². The van der Waals surface area contributed by atoms with Gasteiger partial charge in [-0.25, -0.2) is 9.07 Å². The molecule has 128 valence electrons. The van der Waals surface area contributed by atoms with Crippen LogP contribution >= 0.6 is 0 Å². The zero-order valence-corrected chi connectivity index (χ0v) is 14.0. The van der Waals surface area contributed by atoms with Gasteiger partial charge in [-0.15, -0.1) is 0 Å². The van der Waals surface area contributed by atoms with Crippen LogP contribution in [0.5, 0.6) is 0 Å². The number of carbonyl (C=O) groups is 1. The van der Waals surface area contributed by atoms with E-state index in [4.69, 9.17) is 0 Å². The lowest BCUT2D eigenvalue weighted by molar-refractivity contribution is 0.0353. The molecular formula is C18H22FN3O2. The molecule has 1 aliphatic heterocycles. The van der Waals surface area contributed by atoms with Gasteiger partial charge in [0.15, 0.2) is 5.69 Å². The molecule has 5 nitrogen and oxygen atoms in total. The minimum atomic E-state index is -0.343. The molecule has 1 fully saturated rings. The Morgan fingerprint density at radius 3 is 2.92 bits per heavy atom. The molecule has 1 amide bonds. The number of piperidine rings is 1. The molecule has 24 heavy (non-hydrogen) atoms. The summed E-state index contributed by atoms with van der Waals surface area (Å²) in [5.41, 5.74) is 1.45. The van der Waals surface area contributed by atoms with Crippen LogP contribution in [0.3, 0.4) is 0 Å². The maximum absolute atomic E-state index is 13.4. The van der Waals surface area contributed by atoms with Crippen molar-refractivity contribution in [2.24, 2.45) is 5.41 Å². The predicted molar refractivity (Wildman–Crippen MR) is 88.6 cm³/mol. The predicted octanol–water partition coefficient (Wildman–Crippen LogP) is 2.55. The summed E-state index contributed by atoms with van der Waals surface area (Å²) in [5.74, 6) is -0.488. The normalized spacial score (nSPS) is 21.1. The van der Waals surface area contributed by atoms with Gasteiger partial charge in [0, 0.05) is 24.2 Å². The first-order valence-corrected chi connectivity index (χ1v) is 8.15. The Morgan fingerprint density at radius 2 is 2.21 bits per heavy atom. The van der Waals surface area contributed by atoms with Crippen LogP contribution in [0.1, 0.15) is 35.9 Å². The van der Waals surface area contributed by atoms with Crippen molar-refractivity contribution in [3.05, 3.63) is 47.5 Å². The van der Waals surface area contributed by atoms with Gasteiger partial charge in [0.05, 0.1) is 12.3 Å². The fourth-order valence-electron chi connectivity index (χ4n) is 3.23. The van der Waals surface area contributed by atoms with Crippen molar-refractivity contribution >= 4 is 5.91 Å². The van der Waals surface area contributed by atoms with Crippen molar-refractivity contribution in [2.75, 3.05) is 19.7 Å². The monoisotopic (exact) mass is 331 g/mol. The van der Waals surface area contributed by atoms with Gasteiger partial charge in [0.1, 0.15) is 5.82 Å². The second kappa shape index (κ2) is 6.36. The van der Waals surface area contributed by atoms with Crippen LogP contribution in [0, 0.1) is 18.2 Å². The lowest BCUT2D eigenvalue weighted by Gasteiger charge is -2.39. The van der Waals surface area contributed by atoms with E-state index in [1.165, 1.54) is 12.1 Å². The molecule has 1 N–H and O–H groups in total. The summed E-state index contributed by atoms with van der Waals surface area (Å²) in [6.07, 6.45) is 1.77. The summed E-state index contributed by atoms with van der Waals surface area (Å²) in [5, 5.41) is 13.9. The van der Waals surface area contributed by atoms with Crippen molar-refractivity contribution in [2.45, 2.75) is 26.7 Å². The van der Waals surface area contributed by atoms with Gasteiger partial charge < -0.3 is 10.0 Å². The first kappa shape index (κ1) is 16.6. The van der Waals surface area contributed by atoms with Crippen LogP contribution in [0.2, 0.25) is 0 Å². The smallest absolute Gasteiger partial charge is 0.274 e. The van der Waals surface area contributed by atoms with Gasteiger partial charge in [0.2, 0.25) is 0 Å². The number of hydrogen-bond donors (Lipinski definition) is 1. The largest absolute Gasteiger partial charge is 0.396 e. The van der Waals surface area contributed by atoms with Crippen LogP contribution in [0.15, 0.2) is 30.3 Å². The van der Waals surface area contributed by atoms with E-state index in [0.29, 0.717) is 24.5 Å². The molecular weight excluding hydrogens is 309 g/mol. The van der Waals surface area contributed by atoms with Crippen LogP contribution < -0.4 is 0 Å². The summed E-state index contributed by atoms with van der Waals surface area (Å²) in [4.78, 5) is 14.5. The van der Waals surface area contributed by atoms with Crippen LogP contribution in [0.4, 0.5) is 4.39 Å². The molecule has 1 aromatic heterocycles. The number of nitrogens with zero attached hydrogens (tertiary/aromatic N) is 3. The zero-order chi connectivity index (χ0) is 17.3. The van der Waals surface area contributed by atoms with Gasteiger partial charge in [0.25, 0.3) is 5.91 Å². The maximum atomic E-state index is 13.4. The van der Waals surface area contributed by atoms with Crippen molar-refractivity contribution in [3.8, 4) is 5.69 Å². The number of aliphatic hydroxyl groups excluding tert-OH is 1. The van der Waals surface area contributed by atoms with E-state index in [2.05, 4.69) is 5.10 Å². The van der Waals surface area contributed by atoms with Crippen LogP contribution in [-0.4, -0.2) is 45.4 Å². The van der Waals surface area contributed by atoms with E-state index in [-0.39, 0.29) is 23.7 Å². The number of amides is 1. The standard InChI is InChI=1S/C18H22FN3O2/c1-13-9-16(20-22(13)15-6-3-5-14(19)10-15)17(24)21-8-4-7-18(2,11-21)12-23/h3,5-6,9-10,23H,4,7-8,11-12H2,1-2H3. The number of hydrogen-bond acceptors (Lipinski definition) is 3. The Labute approximate surface area is 140 Å². The van der Waals surface area contributed by atoms with E-state index in [1.807, 2.05) is 13.8 Å². The molecule has 0 bridgehead atoms. The lowest BCUT2D eigenvalue weighted by atomic mass is 9.83. The molecule has 2 aromatic rings. The quantitative estimate of drug-likeness (QED) is 0.940. The number of benzene rings is 1. The SMILES string of the molecule is Cc1cc(C(=O)N2CCCC(C)(CO)C2)nn1-c1cccc(F)c1. The summed E-state index contributed by atoms with van der Waals surface area (Å²) in [6, 6.07) is 7.85. The minimum Gasteiger partial charge on any atom is -0.396 e. The van der Waals surface area contributed by atoms with Crippen LogP contribution in [0.25, 0.3) is 5.69 Å². The number of rotatable bonds is 3. The third-order valence-electron chi connectivity index (χ3n) is 4.61. The van der Waals surface area contributed by atoms with Gasteiger partial charge in [-0.2, -0.15) is 5.10 Å². The molecule has 1 atom stereocenters. The molecule has 0 spiro atoms. The van der Waals surface area contributed by atoms with Gasteiger partial charge in [-0.3, -0.25) is 4.79 Å². The molecule has 6 heteroatoms. The highest BCUT2D eigenvalue weighted by Gasteiger charge is 2.33. The Bertz CT molecular complexity index is 758. The van der Waals surface area contributed by atoms with Crippen molar-refractivity contribution in [3.63, 3.8) is 0 Å². The Hall–Kier alpha value is -2.21. The highest BCUT2D eigenvalue weighted by Crippen LogP contribution is 2.29. The molecule has 0 saturated carbocycles. The molecule has 2 heterocycles. The molecule has 0 aliphatic carbocycles.